The predicted molar refractivity (Wildman–Crippen MR) is 107 cm³/mol. The number of carbonyl (C=O) groups is 3. The van der Waals surface area contributed by atoms with Gasteiger partial charge in [0.2, 0.25) is 11.8 Å². The Hall–Kier alpha value is -1.83. The molecule has 0 aromatic heterocycles. The Morgan fingerprint density at radius 2 is 1.93 bits per heavy atom. The van der Waals surface area contributed by atoms with E-state index < -0.39 is 6.04 Å². The maximum atomic E-state index is 13.1. The molecule has 0 aliphatic carbocycles. The minimum absolute atomic E-state index is 0.0106. The summed E-state index contributed by atoms with van der Waals surface area (Å²) in [4.78, 5) is 45.4. The van der Waals surface area contributed by atoms with Crippen LogP contribution in [0.15, 0.2) is 0 Å². The average Bonchev–Trinajstić information content (AvgIpc) is 2.95. The number of piperazine rings is 1. The second-order valence-corrected chi connectivity index (χ2v) is 8.32. The Bertz CT molecular complexity index is 568. The maximum Gasteiger partial charge on any atom is 0.321 e. The molecule has 2 fully saturated rings. The van der Waals surface area contributed by atoms with Gasteiger partial charge in [0.1, 0.15) is 12.6 Å². The van der Waals surface area contributed by atoms with Crippen LogP contribution in [0, 0.1) is 5.92 Å². The van der Waals surface area contributed by atoms with Crippen LogP contribution in [0.4, 0.5) is 4.79 Å². The first-order valence-corrected chi connectivity index (χ1v) is 10.4. The Balaban J connectivity index is 2.11. The zero-order chi connectivity index (χ0) is 20.8. The minimum atomic E-state index is -0.457. The van der Waals surface area contributed by atoms with Crippen LogP contribution in [0.2, 0.25) is 0 Å². The smallest absolute Gasteiger partial charge is 0.321 e. The van der Waals surface area contributed by atoms with Crippen molar-refractivity contribution in [3.63, 3.8) is 0 Å². The van der Waals surface area contributed by atoms with Crippen LogP contribution in [0.1, 0.15) is 40.0 Å². The largest absolute Gasteiger partial charge is 0.383 e. The summed E-state index contributed by atoms with van der Waals surface area (Å²) in [6, 6.07) is -0.715. The zero-order valence-electron chi connectivity index (χ0n) is 18.0. The van der Waals surface area contributed by atoms with Gasteiger partial charge < -0.3 is 24.3 Å². The molecule has 0 aromatic carbocycles. The monoisotopic (exact) mass is 396 g/mol. The van der Waals surface area contributed by atoms with Gasteiger partial charge in [-0.15, -0.1) is 0 Å². The summed E-state index contributed by atoms with van der Waals surface area (Å²) in [6.07, 6.45) is 2.60. The van der Waals surface area contributed by atoms with Crippen molar-refractivity contribution in [3.05, 3.63) is 0 Å². The van der Waals surface area contributed by atoms with Crippen molar-refractivity contribution in [1.82, 2.24) is 19.6 Å². The highest BCUT2D eigenvalue weighted by molar-refractivity contribution is 5.91. The van der Waals surface area contributed by atoms with Crippen molar-refractivity contribution in [2.75, 3.05) is 53.5 Å². The summed E-state index contributed by atoms with van der Waals surface area (Å²) < 4.78 is 5.14. The first-order valence-electron chi connectivity index (χ1n) is 10.4. The zero-order valence-corrected chi connectivity index (χ0v) is 18.0. The number of rotatable bonds is 10. The summed E-state index contributed by atoms with van der Waals surface area (Å²) in [5, 5.41) is 0. The van der Waals surface area contributed by atoms with E-state index in [-0.39, 0.29) is 30.4 Å². The van der Waals surface area contributed by atoms with E-state index in [2.05, 4.69) is 20.8 Å². The van der Waals surface area contributed by atoms with Gasteiger partial charge in [-0.3, -0.25) is 9.59 Å². The Kier molecular flexibility index (Phi) is 8.10. The van der Waals surface area contributed by atoms with Crippen molar-refractivity contribution >= 4 is 17.8 Å². The molecule has 160 valence electrons. The number of ether oxygens (including phenoxy) is 1. The summed E-state index contributed by atoms with van der Waals surface area (Å²) in [5.41, 5.74) is 0. The standard InChI is InChI=1S/C20H36N4O4/c1-6-7-8-21(4)18(25)14-23-13-16-12-22(9-10-28-5)19(26)17(11-15(2)3)24(16)20(23)27/h15-17H,6-14H2,1-5H3/t16-,17-/m0/s1. The Morgan fingerprint density at radius 1 is 1.25 bits per heavy atom. The van der Waals surface area contributed by atoms with Gasteiger partial charge in [-0.05, 0) is 18.8 Å². The highest BCUT2D eigenvalue weighted by Gasteiger charge is 2.49. The van der Waals surface area contributed by atoms with Gasteiger partial charge in [-0.1, -0.05) is 27.2 Å². The first-order chi connectivity index (χ1) is 13.3. The van der Waals surface area contributed by atoms with E-state index in [0.717, 1.165) is 12.8 Å². The molecular weight excluding hydrogens is 360 g/mol. The molecule has 2 atom stereocenters. The number of likely N-dealkylation sites (N-methyl/N-ethyl adjacent to an activating group) is 1. The molecule has 2 saturated heterocycles. The lowest BCUT2D eigenvalue weighted by molar-refractivity contribution is -0.143. The number of hydrogen-bond acceptors (Lipinski definition) is 4. The summed E-state index contributed by atoms with van der Waals surface area (Å²) in [7, 11) is 3.40. The van der Waals surface area contributed by atoms with E-state index in [9.17, 15) is 14.4 Å². The number of nitrogens with zero attached hydrogens (tertiary/aromatic N) is 4. The van der Waals surface area contributed by atoms with E-state index in [1.165, 1.54) is 0 Å². The summed E-state index contributed by atoms with van der Waals surface area (Å²) in [6.45, 7) is 8.96. The molecule has 2 aliphatic heterocycles. The highest BCUT2D eigenvalue weighted by atomic mass is 16.5. The SMILES string of the molecule is CCCCN(C)C(=O)CN1C[C@@H]2CN(CCOC)C(=O)[C@H](CC(C)C)N2C1=O. The molecule has 28 heavy (non-hydrogen) atoms. The third-order valence-corrected chi connectivity index (χ3v) is 5.54. The van der Waals surface area contributed by atoms with Crippen LogP contribution in [0.25, 0.3) is 0 Å². The van der Waals surface area contributed by atoms with E-state index >= 15 is 0 Å². The molecule has 0 radical (unpaired) electrons. The topological polar surface area (TPSA) is 73.4 Å². The number of hydrogen-bond donors (Lipinski definition) is 0. The normalized spacial score (nSPS) is 22.3. The number of fused-ring (bicyclic) bond motifs is 1. The van der Waals surface area contributed by atoms with Crippen molar-refractivity contribution in [1.29, 1.82) is 0 Å². The van der Waals surface area contributed by atoms with E-state index in [0.29, 0.717) is 45.1 Å². The van der Waals surface area contributed by atoms with E-state index in [1.54, 1.807) is 28.9 Å². The Morgan fingerprint density at radius 3 is 2.54 bits per heavy atom. The molecule has 4 amide bonds. The van der Waals surface area contributed by atoms with Gasteiger partial charge in [0.05, 0.1) is 12.6 Å². The van der Waals surface area contributed by atoms with Crippen molar-refractivity contribution in [2.45, 2.75) is 52.1 Å². The van der Waals surface area contributed by atoms with E-state index in [4.69, 9.17) is 4.74 Å². The van der Waals surface area contributed by atoms with Crippen LogP contribution in [0.3, 0.4) is 0 Å². The van der Waals surface area contributed by atoms with Gasteiger partial charge in [0, 0.05) is 40.3 Å². The lowest BCUT2D eigenvalue weighted by Gasteiger charge is -2.42. The van der Waals surface area contributed by atoms with Gasteiger partial charge >= 0.3 is 6.03 Å². The molecule has 2 aliphatic rings. The fourth-order valence-corrected chi connectivity index (χ4v) is 3.95. The Labute approximate surface area is 168 Å². The fraction of sp³-hybridized carbons (Fsp3) is 0.850. The first kappa shape index (κ1) is 22.5. The summed E-state index contributed by atoms with van der Waals surface area (Å²) >= 11 is 0. The van der Waals surface area contributed by atoms with Crippen LogP contribution in [-0.4, -0.2) is 103 Å². The third kappa shape index (κ3) is 5.16. The van der Waals surface area contributed by atoms with Crippen molar-refractivity contribution in [2.24, 2.45) is 5.92 Å². The van der Waals surface area contributed by atoms with Crippen molar-refractivity contribution in [3.8, 4) is 0 Å². The van der Waals surface area contributed by atoms with Crippen LogP contribution in [-0.2, 0) is 14.3 Å². The molecule has 8 nitrogen and oxygen atoms in total. The van der Waals surface area contributed by atoms with Crippen LogP contribution >= 0.6 is 0 Å². The molecule has 0 N–H and O–H groups in total. The fourth-order valence-electron chi connectivity index (χ4n) is 3.95. The number of carbonyl (C=O) groups excluding carboxylic acids is 3. The van der Waals surface area contributed by atoms with Gasteiger partial charge in [-0.2, -0.15) is 0 Å². The lowest BCUT2D eigenvalue weighted by Crippen LogP contribution is -2.61. The van der Waals surface area contributed by atoms with Crippen molar-refractivity contribution < 1.29 is 19.1 Å². The summed E-state index contributed by atoms with van der Waals surface area (Å²) in [5.74, 6) is 0.230. The van der Waals surface area contributed by atoms with Crippen LogP contribution in [0.5, 0.6) is 0 Å². The second-order valence-electron chi connectivity index (χ2n) is 8.32. The third-order valence-electron chi connectivity index (χ3n) is 5.54. The molecule has 0 spiro atoms. The van der Waals surface area contributed by atoms with Gasteiger partial charge in [0.25, 0.3) is 0 Å². The molecule has 2 rings (SSSR count). The average molecular weight is 397 g/mol. The quantitative estimate of drug-likeness (QED) is 0.557. The predicted octanol–water partition coefficient (Wildman–Crippen LogP) is 1.25. The lowest BCUT2D eigenvalue weighted by atomic mass is 9.97. The van der Waals surface area contributed by atoms with Crippen LogP contribution < -0.4 is 0 Å². The molecular formula is C20H36N4O4. The maximum absolute atomic E-state index is 13.1. The van der Waals surface area contributed by atoms with Gasteiger partial charge in [0.15, 0.2) is 0 Å². The molecule has 0 unspecified atom stereocenters. The number of methoxy groups -OCH3 is 1. The second kappa shape index (κ2) is 10.1. The molecule has 0 saturated carbocycles. The number of unbranched alkanes of at least 4 members (excludes halogenated alkanes) is 1. The molecule has 2 heterocycles. The molecule has 0 aromatic rings. The van der Waals surface area contributed by atoms with Gasteiger partial charge in [-0.25, -0.2) is 4.79 Å². The minimum Gasteiger partial charge on any atom is -0.383 e. The number of amides is 4. The molecule has 0 bridgehead atoms. The molecule has 8 heteroatoms. The van der Waals surface area contributed by atoms with E-state index in [1.807, 2.05) is 4.90 Å². The highest BCUT2D eigenvalue weighted by Crippen LogP contribution is 2.29. The number of urea groups is 1.